The van der Waals surface area contributed by atoms with Crippen molar-refractivity contribution >= 4 is 16.4 Å². The molecule has 2 nitrogen and oxygen atoms in total. The monoisotopic (exact) mass is 418 g/mol. The first-order valence-electron chi connectivity index (χ1n) is 10.6. The number of rotatable bonds is 9. The van der Waals surface area contributed by atoms with Crippen molar-refractivity contribution in [3.05, 3.63) is 35.9 Å². The summed E-state index contributed by atoms with van der Waals surface area (Å²) < 4.78 is 12.9. The van der Waals surface area contributed by atoms with E-state index in [-0.39, 0.29) is 11.1 Å². The predicted octanol–water partition coefficient (Wildman–Crippen LogP) is 6.89. The highest BCUT2D eigenvalue weighted by molar-refractivity contribution is 6.83. The van der Waals surface area contributed by atoms with Crippen molar-refractivity contribution < 1.29 is 9.16 Å². The van der Waals surface area contributed by atoms with Crippen LogP contribution in [-0.2, 0) is 15.8 Å². The van der Waals surface area contributed by atoms with Gasteiger partial charge in [0, 0.05) is 6.42 Å². The van der Waals surface area contributed by atoms with Gasteiger partial charge < -0.3 is 9.16 Å². The van der Waals surface area contributed by atoms with E-state index in [2.05, 4.69) is 96.2 Å². The molecule has 0 heterocycles. The fraction of sp³-hybridized carbons (Fsp3) is 0.667. The lowest BCUT2D eigenvalue weighted by Crippen LogP contribution is -2.46. The fourth-order valence-electron chi connectivity index (χ4n) is 2.55. The maximum Gasteiger partial charge on any atom is 0.192 e. The Hall–Kier alpha value is -0.866. The molecule has 1 aromatic rings. The molecule has 0 unspecified atom stereocenters. The summed E-state index contributed by atoms with van der Waals surface area (Å²) in [5, 5.41) is 0.196. The van der Waals surface area contributed by atoms with Crippen LogP contribution in [-0.4, -0.2) is 29.1 Å². The van der Waals surface area contributed by atoms with Gasteiger partial charge in [0.15, 0.2) is 8.32 Å². The molecule has 1 rings (SSSR count). The fourth-order valence-corrected chi connectivity index (χ4v) is 4.62. The molecule has 1 aromatic carbocycles. The van der Waals surface area contributed by atoms with Gasteiger partial charge in [-0.3, -0.25) is 0 Å². The molecule has 0 bridgehead atoms. The number of ether oxygens (including phenoxy) is 1. The van der Waals surface area contributed by atoms with Crippen molar-refractivity contribution in [1.82, 2.24) is 0 Å². The van der Waals surface area contributed by atoms with Gasteiger partial charge in [0.25, 0.3) is 0 Å². The molecule has 158 valence electrons. The van der Waals surface area contributed by atoms with Crippen LogP contribution >= 0.6 is 0 Å². The minimum absolute atomic E-state index is 0.123. The van der Waals surface area contributed by atoms with Gasteiger partial charge in [0.2, 0.25) is 0 Å². The summed E-state index contributed by atoms with van der Waals surface area (Å²) in [6.07, 6.45) is 2.13. The quantitative estimate of drug-likeness (QED) is 0.321. The third-order valence-corrected chi connectivity index (χ3v) is 10.9. The predicted molar refractivity (Wildman–Crippen MR) is 128 cm³/mol. The molecule has 0 aromatic heterocycles. The second-order valence-electron chi connectivity index (χ2n) is 10.5. The Bertz CT molecular complexity index is 631. The van der Waals surface area contributed by atoms with Crippen LogP contribution in [0, 0.1) is 17.4 Å². The minimum Gasteiger partial charge on any atom is -0.411 e. The second-order valence-corrected chi connectivity index (χ2v) is 20.0. The zero-order valence-electron chi connectivity index (χ0n) is 19.7. The highest BCUT2D eigenvalue weighted by Crippen LogP contribution is 2.38. The van der Waals surface area contributed by atoms with E-state index in [9.17, 15) is 0 Å². The highest BCUT2D eigenvalue weighted by atomic mass is 28.4. The number of benzene rings is 1. The molecule has 4 heteroatoms. The second kappa shape index (κ2) is 10.8. The van der Waals surface area contributed by atoms with Crippen LogP contribution in [0.1, 0.15) is 46.1 Å². The average molecular weight is 419 g/mol. The standard InChI is InChI=1S/C24H42O2Si2/c1-21(15-13-14-18-27(5,6)7)23(26-28(8,9)24(2,3)4)20-25-19-22-16-11-10-12-17-22/h10-12,16-17,21,23H,13,15,19-20H2,1-9H3/t21-,23+/m1/s1. The lowest BCUT2D eigenvalue weighted by molar-refractivity contribution is 0.00755. The molecule has 0 saturated carbocycles. The van der Waals surface area contributed by atoms with Gasteiger partial charge >= 0.3 is 0 Å². The van der Waals surface area contributed by atoms with Gasteiger partial charge in [0.1, 0.15) is 8.07 Å². The molecule has 0 N–H and O–H groups in total. The molecule has 2 atom stereocenters. The Morgan fingerprint density at radius 3 is 2.14 bits per heavy atom. The van der Waals surface area contributed by atoms with Crippen LogP contribution in [0.5, 0.6) is 0 Å². The summed E-state index contributed by atoms with van der Waals surface area (Å²) >= 11 is 0. The average Bonchev–Trinajstić information content (AvgIpc) is 2.56. The Morgan fingerprint density at radius 1 is 1.00 bits per heavy atom. The number of hydrogen-bond donors (Lipinski definition) is 0. The summed E-state index contributed by atoms with van der Waals surface area (Å²) in [5.74, 6) is 3.84. The van der Waals surface area contributed by atoms with E-state index in [4.69, 9.17) is 9.16 Å². The van der Waals surface area contributed by atoms with Crippen molar-refractivity contribution in [2.24, 2.45) is 5.92 Å². The van der Waals surface area contributed by atoms with Gasteiger partial charge in [-0.05, 0) is 36.0 Å². The van der Waals surface area contributed by atoms with Gasteiger partial charge in [0.05, 0.1) is 19.3 Å². The Morgan fingerprint density at radius 2 is 1.61 bits per heavy atom. The van der Waals surface area contributed by atoms with Crippen molar-refractivity contribution in [2.75, 3.05) is 6.61 Å². The van der Waals surface area contributed by atoms with E-state index in [1.165, 1.54) is 5.56 Å². The lowest BCUT2D eigenvalue weighted by Gasteiger charge is -2.40. The third-order valence-electron chi connectivity index (χ3n) is 5.47. The Balaban J connectivity index is 2.74. The molecule has 0 aliphatic carbocycles. The largest absolute Gasteiger partial charge is 0.411 e. The molecule has 0 amide bonds. The first-order chi connectivity index (χ1) is 12.8. The van der Waals surface area contributed by atoms with Crippen molar-refractivity contribution in [2.45, 2.75) is 91.0 Å². The van der Waals surface area contributed by atoms with Crippen LogP contribution in [0.25, 0.3) is 0 Å². The zero-order valence-corrected chi connectivity index (χ0v) is 21.7. The minimum atomic E-state index is -1.85. The smallest absolute Gasteiger partial charge is 0.192 e. The summed E-state index contributed by atoms with van der Waals surface area (Å²) in [6.45, 7) is 22.0. The Labute approximate surface area is 176 Å². The van der Waals surface area contributed by atoms with Crippen LogP contribution in [0.4, 0.5) is 0 Å². The van der Waals surface area contributed by atoms with E-state index < -0.39 is 16.4 Å². The van der Waals surface area contributed by atoms with E-state index in [0.29, 0.717) is 19.1 Å². The van der Waals surface area contributed by atoms with E-state index >= 15 is 0 Å². The lowest BCUT2D eigenvalue weighted by atomic mass is 10.00. The number of hydrogen-bond acceptors (Lipinski definition) is 2. The van der Waals surface area contributed by atoms with Crippen molar-refractivity contribution in [1.29, 1.82) is 0 Å². The van der Waals surface area contributed by atoms with Gasteiger partial charge in [-0.2, -0.15) is 0 Å². The van der Waals surface area contributed by atoms with E-state index in [1.54, 1.807) is 0 Å². The van der Waals surface area contributed by atoms with Gasteiger partial charge in [-0.25, -0.2) is 0 Å². The SMILES string of the molecule is C[C@H](CCC#C[Si](C)(C)C)[C@H](COCc1ccccc1)O[Si](C)(C)C(C)(C)C. The highest BCUT2D eigenvalue weighted by Gasteiger charge is 2.40. The van der Waals surface area contributed by atoms with Crippen molar-refractivity contribution in [3.63, 3.8) is 0 Å². The molecule has 0 radical (unpaired) electrons. The topological polar surface area (TPSA) is 18.5 Å². The molecule has 0 aliphatic rings. The first-order valence-corrected chi connectivity index (χ1v) is 17.0. The molecular formula is C24H42O2Si2. The van der Waals surface area contributed by atoms with E-state index in [0.717, 1.165) is 12.8 Å². The van der Waals surface area contributed by atoms with Crippen LogP contribution in [0.15, 0.2) is 30.3 Å². The van der Waals surface area contributed by atoms with Crippen LogP contribution in [0.3, 0.4) is 0 Å². The summed E-state index contributed by atoms with van der Waals surface area (Å²) in [7, 11) is -3.13. The maximum atomic E-state index is 6.77. The first kappa shape index (κ1) is 25.2. The van der Waals surface area contributed by atoms with Gasteiger partial charge in [-0.1, -0.05) is 77.7 Å². The van der Waals surface area contributed by atoms with Crippen LogP contribution < -0.4 is 0 Å². The zero-order chi connectivity index (χ0) is 21.4. The summed E-state index contributed by atoms with van der Waals surface area (Å²) in [6, 6.07) is 10.4. The van der Waals surface area contributed by atoms with Crippen LogP contribution in [0.2, 0.25) is 37.8 Å². The van der Waals surface area contributed by atoms with E-state index in [1.807, 2.05) is 6.07 Å². The Kier molecular flexibility index (Phi) is 9.69. The molecule has 28 heavy (non-hydrogen) atoms. The molecule has 0 fully saturated rings. The van der Waals surface area contributed by atoms with Crippen molar-refractivity contribution in [3.8, 4) is 11.5 Å². The van der Waals surface area contributed by atoms with Gasteiger partial charge in [-0.15, -0.1) is 11.5 Å². The molecule has 0 saturated heterocycles. The molecule has 0 spiro atoms. The normalized spacial score (nSPS) is 14.9. The summed E-state index contributed by atoms with van der Waals surface area (Å²) in [4.78, 5) is 0. The summed E-state index contributed by atoms with van der Waals surface area (Å²) in [5.41, 5.74) is 4.69. The molecular weight excluding hydrogens is 376 g/mol. The molecule has 0 aliphatic heterocycles. The maximum absolute atomic E-state index is 6.77. The third kappa shape index (κ3) is 9.56.